The summed E-state index contributed by atoms with van der Waals surface area (Å²) in [6.45, 7) is 2.04. The van der Waals surface area contributed by atoms with Crippen molar-refractivity contribution in [1.29, 1.82) is 0 Å². The van der Waals surface area contributed by atoms with Crippen LogP contribution in [0.15, 0.2) is 41.3 Å². The van der Waals surface area contributed by atoms with E-state index in [1.807, 2.05) is 6.92 Å². The van der Waals surface area contributed by atoms with Gasteiger partial charge in [0.15, 0.2) is 28.6 Å². The Morgan fingerprint density at radius 2 is 2.03 bits per heavy atom. The van der Waals surface area contributed by atoms with E-state index in [4.69, 9.17) is 9.15 Å². The molecule has 0 N–H and O–H groups in total. The van der Waals surface area contributed by atoms with Crippen molar-refractivity contribution in [3.63, 3.8) is 0 Å². The second kappa shape index (κ2) is 9.21. The minimum Gasteiger partial charge on any atom is -0.452 e. The third-order valence-corrected chi connectivity index (χ3v) is 6.64. The summed E-state index contributed by atoms with van der Waals surface area (Å²) in [5, 5.41) is 0. The fourth-order valence-electron chi connectivity index (χ4n) is 3.28. The molecule has 0 radical (unpaired) electrons. The van der Waals surface area contributed by atoms with E-state index < -0.39 is 22.4 Å². The summed E-state index contributed by atoms with van der Waals surface area (Å²) in [5.74, 6) is -0.341. The zero-order chi connectivity index (χ0) is 20.9. The summed E-state index contributed by atoms with van der Waals surface area (Å²) >= 11 is 0. The SMILES string of the molecule is CCCCN(C(=O)COC(=O)c1ccc(-c2cnco2)cc1)C1CCS(=O)(=O)C1. The monoisotopic (exact) mass is 420 g/mol. The summed E-state index contributed by atoms with van der Waals surface area (Å²) in [4.78, 5) is 30.3. The van der Waals surface area contributed by atoms with Crippen LogP contribution in [0.2, 0.25) is 0 Å². The fraction of sp³-hybridized carbons (Fsp3) is 0.450. The summed E-state index contributed by atoms with van der Waals surface area (Å²) in [5.41, 5.74) is 1.08. The second-order valence-electron chi connectivity index (χ2n) is 7.02. The molecule has 0 saturated carbocycles. The van der Waals surface area contributed by atoms with Gasteiger partial charge >= 0.3 is 5.97 Å². The Kier molecular flexibility index (Phi) is 6.68. The lowest BCUT2D eigenvalue weighted by Gasteiger charge is -2.28. The lowest BCUT2D eigenvalue weighted by molar-refractivity contribution is -0.136. The van der Waals surface area contributed by atoms with Gasteiger partial charge in [-0.2, -0.15) is 0 Å². The number of rotatable bonds is 8. The largest absolute Gasteiger partial charge is 0.452 e. The number of esters is 1. The first-order valence-corrected chi connectivity index (χ1v) is 11.4. The molecule has 2 heterocycles. The van der Waals surface area contributed by atoms with Crippen molar-refractivity contribution in [2.24, 2.45) is 0 Å². The van der Waals surface area contributed by atoms with Crippen LogP contribution in [0.25, 0.3) is 11.3 Å². The molecule has 1 aromatic carbocycles. The number of benzene rings is 1. The van der Waals surface area contributed by atoms with Gasteiger partial charge < -0.3 is 14.1 Å². The lowest BCUT2D eigenvalue weighted by atomic mass is 10.1. The molecule has 0 bridgehead atoms. The Bertz CT molecular complexity index is 938. The van der Waals surface area contributed by atoms with Crippen LogP contribution in [0.5, 0.6) is 0 Å². The van der Waals surface area contributed by atoms with Gasteiger partial charge in [0.05, 0.1) is 23.3 Å². The molecule has 2 aromatic rings. The Morgan fingerprint density at radius 1 is 1.28 bits per heavy atom. The van der Waals surface area contributed by atoms with Crippen molar-refractivity contribution < 1.29 is 27.2 Å². The molecule has 1 aromatic heterocycles. The van der Waals surface area contributed by atoms with Crippen molar-refractivity contribution in [2.45, 2.75) is 32.2 Å². The van der Waals surface area contributed by atoms with Crippen molar-refractivity contribution in [1.82, 2.24) is 9.88 Å². The molecule has 1 atom stereocenters. The van der Waals surface area contributed by atoms with Gasteiger partial charge in [-0.3, -0.25) is 4.79 Å². The first kappa shape index (κ1) is 21.0. The van der Waals surface area contributed by atoms with Gasteiger partial charge in [-0.1, -0.05) is 25.5 Å². The highest BCUT2D eigenvalue weighted by Gasteiger charge is 2.34. The number of hydrogen-bond acceptors (Lipinski definition) is 7. The molecule has 1 saturated heterocycles. The molecule has 156 valence electrons. The number of unbranched alkanes of at least 4 members (excludes halogenated alkanes) is 1. The van der Waals surface area contributed by atoms with Crippen LogP contribution in [0.3, 0.4) is 0 Å². The summed E-state index contributed by atoms with van der Waals surface area (Å²) in [6.07, 6.45) is 4.96. The van der Waals surface area contributed by atoms with Crippen LogP contribution in [-0.4, -0.2) is 60.9 Å². The number of carbonyl (C=O) groups is 2. The van der Waals surface area contributed by atoms with Gasteiger partial charge in [-0.05, 0) is 25.0 Å². The summed E-state index contributed by atoms with van der Waals surface area (Å²) in [6, 6.07) is 6.23. The maximum absolute atomic E-state index is 12.6. The molecule has 1 fully saturated rings. The van der Waals surface area contributed by atoms with Gasteiger partial charge in [-0.15, -0.1) is 0 Å². The molecule has 1 amide bonds. The molecule has 0 aliphatic carbocycles. The number of ether oxygens (including phenoxy) is 1. The number of aromatic nitrogens is 1. The Hall–Kier alpha value is -2.68. The maximum atomic E-state index is 12.6. The van der Waals surface area contributed by atoms with E-state index in [0.29, 0.717) is 24.3 Å². The smallest absolute Gasteiger partial charge is 0.338 e. The zero-order valence-electron chi connectivity index (χ0n) is 16.2. The fourth-order valence-corrected chi connectivity index (χ4v) is 5.01. The molecule has 8 nitrogen and oxygen atoms in total. The highest BCUT2D eigenvalue weighted by Crippen LogP contribution is 2.20. The molecular weight excluding hydrogens is 396 g/mol. The third kappa shape index (κ3) is 5.44. The van der Waals surface area contributed by atoms with E-state index in [9.17, 15) is 18.0 Å². The maximum Gasteiger partial charge on any atom is 0.338 e. The van der Waals surface area contributed by atoms with Gasteiger partial charge in [0.2, 0.25) is 0 Å². The summed E-state index contributed by atoms with van der Waals surface area (Å²) in [7, 11) is -3.11. The number of nitrogens with zero attached hydrogens (tertiary/aromatic N) is 2. The van der Waals surface area contributed by atoms with Gasteiger partial charge in [0.25, 0.3) is 5.91 Å². The molecule has 3 rings (SSSR count). The van der Waals surface area contributed by atoms with E-state index in [-0.39, 0.29) is 23.5 Å². The van der Waals surface area contributed by atoms with E-state index in [2.05, 4.69) is 4.98 Å². The van der Waals surface area contributed by atoms with Crippen LogP contribution in [0.1, 0.15) is 36.5 Å². The average Bonchev–Trinajstić information content (AvgIpc) is 3.36. The van der Waals surface area contributed by atoms with Crippen molar-refractivity contribution in [3.8, 4) is 11.3 Å². The topological polar surface area (TPSA) is 107 Å². The highest BCUT2D eigenvalue weighted by atomic mass is 32.2. The predicted octanol–water partition coefficient (Wildman–Crippen LogP) is 2.31. The van der Waals surface area contributed by atoms with Gasteiger partial charge in [0, 0.05) is 18.2 Å². The first-order chi connectivity index (χ1) is 13.9. The molecule has 1 aliphatic rings. The quantitative estimate of drug-likeness (QED) is 0.603. The van der Waals surface area contributed by atoms with E-state index in [0.717, 1.165) is 18.4 Å². The zero-order valence-corrected chi connectivity index (χ0v) is 17.1. The van der Waals surface area contributed by atoms with Crippen LogP contribution < -0.4 is 0 Å². The van der Waals surface area contributed by atoms with Crippen LogP contribution in [0, 0.1) is 0 Å². The van der Waals surface area contributed by atoms with E-state index in [1.54, 1.807) is 35.4 Å². The molecule has 1 aliphatic heterocycles. The van der Waals surface area contributed by atoms with Crippen molar-refractivity contribution in [3.05, 3.63) is 42.4 Å². The van der Waals surface area contributed by atoms with E-state index in [1.165, 1.54) is 6.39 Å². The second-order valence-corrected chi connectivity index (χ2v) is 9.25. The first-order valence-electron chi connectivity index (χ1n) is 9.55. The number of amides is 1. The Balaban J connectivity index is 1.59. The molecular formula is C20H24N2O6S. The van der Waals surface area contributed by atoms with Gasteiger partial charge in [0.1, 0.15) is 0 Å². The molecule has 0 spiro atoms. The predicted molar refractivity (Wildman–Crippen MR) is 106 cm³/mol. The van der Waals surface area contributed by atoms with Crippen molar-refractivity contribution in [2.75, 3.05) is 24.7 Å². The lowest BCUT2D eigenvalue weighted by Crippen LogP contribution is -2.43. The Morgan fingerprint density at radius 3 is 2.62 bits per heavy atom. The summed E-state index contributed by atoms with van der Waals surface area (Å²) < 4.78 is 33.9. The normalized spacial score (nSPS) is 17.8. The number of sulfone groups is 1. The minimum absolute atomic E-state index is 0.0283. The number of hydrogen-bond donors (Lipinski definition) is 0. The standard InChI is InChI=1S/C20H24N2O6S/c1-2-3-9-22(17-8-10-29(25,26)13-17)19(23)12-27-20(24)16-6-4-15(5-7-16)18-11-21-14-28-18/h4-7,11,14,17H,2-3,8-10,12-13H2,1H3. The van der Waals surface area contributed by atoms with Crippen LogP contribution in [-0.2, 0) is 19.4 Å². The van der Waals surface area contributed by atoms with Gasteiger partial charge in [-0.25, -0.2) is 18.2 Å². The number of carbonyl (C=O) groups excluding carboxylic acids is 2. The Labute approximate surface area is 169 Å². The highest BCUT2D eigenvalue weighted by molar-refractivity contribution is 7.91. The van der Waals surface area contributed by atoms with Crippen LogP contribution in [0.4, 0.5) is 0 Å². The third-order valence-electron chi connectivity index (χ3n) is 4.89. The minimum atomic E-state index is -3.11. The van der Waals surface area contributed by atoms with Crippen LogP contribution >= 0.6 is 0 Å². The molecule has 9 heteroatoms. The average molecular weight is 420 g/mol. The number of oxazole rings is 1. The van der Waals surface area contributed by atoms with E-state index >= 15 is 0 Å². The molecule has 1 unspecified atom stereocenters. The molecule has 29 heavy (non-hydrogen) atoms. The van der Waals surface area contributed by atoms with Crippen molar-refractivity contribution >= 4 is 21.7 Å².